The molecule has 0 saturated carbocycles. The Kier molecular flexibility index (Phi) is 5.77. The van der Waals surface area contributed by atoms with E-state index in [1.165, 1.54) is 13.2 Å². The molecule has 0 heterocycles. The molecule has 0 N–H and O–H groups in total. The second-order valence-corrected chi connectivity index (χ2v) is 4.90. The van der Waals surface area contributed by atoms with Crippen LogP contribution in [0, 0.1) is 11.8 Å². The zero-order valence-electron chi connectivity index (χ0n) is 12.2. The normalized spacial score (nSPS) is 16.6. The molecule has 1 aromatic carbocycles. The molecule has 21 heavy (non-hydrogen) atoms. The van der Waals surface area contributed by atoms with Gasteiger partial charge in [0, 0.05) is 17.9 Å². The molecule has 0 radical (unpaired) electrons. The number of ether oxygens (including phenoxy) is 1. The lowest BCUT2D eigenvalue weighted by Crippen LogP contribution is -2.08. The van der Waals surface area contributed by atoms with Gasteiger partial charge in [-0.25, -0.2) is 4.79 Å². The van der Waals surface area contributed by atoms with Gasteiger partial charge < -0.3 is 4.74 Å². The fourth-order valence-corrected chi connectivity index (χ4v) is 2.24. The minimum absolute atomic E-state index is 0.136. The van der Waals surface area contributed by atoms with Crippen LogP contribution in [0.2, 0.25) is 0 Å². The average Bonchev–Trinajstić information content (AvgIpc) is 2.56. The van der Waals surface area contributed by atoms with E-state index < -0.39 is 0 Å². The summed E-state index contributed by atoms with van der Waals surface area (Å²) in [5.41, 5.74) is 1.15. The Morgan fingerprint density at radius 2 is 1.90 bits per heavy atom. The molecule has 1 aliphatic rings. The van der Waals surface area contributed by atoms with Crippen molar-refractivity contribution in [1.29, 1.82) is 0 Å². The molecule has 0 aliphatic heterocycles. The number of rotatable bonds is 5. The van der Waals surface area contributed by atoms with Crippen LogP contribution in [0.5, 0.6) is 0 Å². The summed E-state index contributed by atoms with van der Waals surface area (Å²) >= 11 is 0. The average molecular weight is 280 g/mol. The summed E-state index contributed by atoms with van der Waals surface area (Å²) in [6.07, 6.45) is 17.3. The van der Waals surface area contributed by atoms with E-state index in [0.717, 1.165) is 12.0 Å². The first kappa shape index (κ1) is 15.0. The summed E-state index contributed by atoms with van der Waals surface area (Å²) in [6, 6.07) is 10.1. The van der Waals surface area contributed by atoms with E-state index in [-0.39, 0.29) is 17.8 Å². The Labute approximate surface area is 126 Å². The Balaban J connectivity index is 2.15. The van der Waals surface area contributed by atoms with Crippen LogP contribution in [-0.4, -0.2) is 13.1 Å². The molecule has 2 nitrogen and oxygen atoms in total. The molecule has 0 fully saturated rings. The first-order chi connectivity index (χ1) is 10.3. The van der Waals surface area contributed by atoms with Gasteiger partial charge in [0.2, 0.25) is 0 Å². The third-order valence-electron chi connectivity index (χ3n) is 3.40. The maximum Gasteiger partial charge on any atom is 0.330 e. The molecular weight excluding hydrogens is 260 g/mol. The number of allylic oxidation sites excluding steroid dienone is 6. The molecule has 1 aliphatic carbocycles. The van der Waals surface area contributed by atoms with Crippen molar-refractivity contribution in [3.05, 3.63) is 78.4 Å². The molecule has 0 saturated heterocycles. The Bertz CT molecular complexity index is 552. The van der Waals surface area contributed by atoms with E-state index in [2.05, 4.69) is 53.3 Å². The van der Waals surface area contributed by atoms with E-state index >= 15 is 0 Å². The lowest BCUT2D eigenvalue weighted by molar-refractivity contribution is -0.134. The van der Waals surface area contributed by atoms with Crippen LogP contribution in [0.4, 0.5) is 0 Å². The molecule has 108 valence electrons. The van der Waals surface area contributed by atoms with Crippen molar-refractivity contribution >= 4 is 12.0 Å². The highest BCUT2D eigenvalue weighted by Crippen LogP contribution is 2.23. The molecule has 0 spiro atoms. The van der Waals surface area contributed by atoms with Crippen LogP contribution in [0.3, 0.4) is 0 Å². The fourth-order valence-electron chi connectivity index (χ4n) is 2.24. The second-order valence-electron chi connectivity index (χ2n) is 4.90. The molecule has 0 amide bonds. The second kappa shape index (κ2) is 8.05. The van der Waals surface area contributed by atoms with Gasteiger partial charge in [0.15, 0.2) is 0 Å². The topological polar surface area (TPSA) is 26.3 Å². The highest BCUT2D eigenvalue weighted by atomic mass is 16.5. The lowest BCUT2D eigenvalue weighted by atomic mass is 9.88. The summed E-state index contributed by atoms with van der Waals surface area (Å²) in [7, 11) is 1.39. The van der Waals surface area contributed by atoms with Crippen LogP contribution in [0.25, 0.3) is 6.08 Å². The van der Waals surface area contributed by atoms with Crippen molar-refractivity contribution in [2.75, 3.05) is 7.11 Å². The molecule has 0 bridgehead atoms. The van der Waals surface area contributed by atoms with Gasteiger partial charge in [-0.05, 0) is 12.0 Å². The number of benzene rings is 1. The minimum Gasteiger partial charge on any atom is -0.466 e. The summed E-state index contributed by atoms with van der Waals surface area (Å²) in [6.45, 7) is 0. The van der Waals surface area contributed by atoms with Crippen LogP contribution < -0.4 is 0 Å². The Hall–Kier alpha value is -2.35. The van der Waals surface area contributed by atoms with Gasteiger partial charge in [-0.2, -0.15) is 0 Å². The number of methoxy groups -OCH3 is 1. The van der Waals surface area contributed by atoms with Crippen molar-refractivity contribution < 1.29 is 9.53 Å². The standard InChI is InChI=1S/C19H20O2/c1-21-19(20)15-14-18(17-10-6-3-7-11-17)13-12-16-8-4-2-5-9-16/h2,4-15,17-18H,3H2,1H3/b13-12+,15-14+. The summed E-state index contributed by atoms with van der Waals surface area (Å²) in [4.78, 5) is 11.3. The number of esters is 1. The smallest absolute Gasteiger partial charge is 0.330 e. The Morgan fingerprint density at radius 1 is 1.19 bits per heavy atom. The molecule has 1 aromatic rings. The van der Waals surface area contributed by atoms with Gasteiger partial charge in [0.25, 0.3) is 0 Å². The summed E-state index contributed by atoms with van der Waals surface area (Å²) < 4.78 is 4.66. The Morgan fingerprint density at radius 3 is 2.57 bits per heavy atom. The van der Waals surface area contributed by atoms with E-state index in [4.69, 9.17) is 0 Å². The van der Waals surface area contributed by atoms with Gasteiger partial charge in [-0.3, -0.25) is 0 Å². The van der Waals surface area contributed by atoms with Crippen molar-refractivity contribution in [3.8, 4) is 0 Å². The van der Waals surface area contributed by atoms with E-state index in [1.807, 2.05) is 24.3 Å². The SMILES string of the molecule is COC(=O)/C=C/C(/C=C/c1ccccc1)C1C=CCC=C1. The van der Waals surface area contributed by atoms with E-state index in [9.17, 15) is 4.79 Å². The van der Waals surface area contributed by atoms with Crippen molar-refractivity contribution in [1.82, 2.24) is 0 Å². The van der Waals surface area contributed by atoms with Gasteiger partial charge in [0.1, 0.15) is 0 Å². The number of carbonyl (C=O) groups excluding carboxylic acids is 1. The molecule has 2 heteroatoms. The number of hydrogen-bond donors (Lipinski definition) is 0. The van der Waals surface area contributed by atoms with E-state index in [0.29, 0.717) is 0 Å². The zero-order valence-corrected chi connectivity index (χ0v) is 12.2. The molecule has 1 atom stereocenters. The highest BCUT2D eigenvalue weighted by molar-refractivity contribution is 5.81. The number of hydrogen-bond acceptors (Lipinski definition) is 2. The van der Waals surface area contributed by atoms with Gasteiger partial charge in [-0.15, -0.1) is 0 Å². The first-order valence-electron chi connectivity index (χ1n) is 7.12. The van der Waals surface area contributed by atoms with Crippen LogP contribution >= 0.6 is 0 Å². The highest BCUT2D eigenvalue weighted by Gasteiger charge is 2.12. The third kappa shape index (κ3) is 4.92. The zero-order chi connectivity index (χ0) is 14.9. The third-order valence-corrected chi connectivity index (χ3v) is 3.40. The molecule has 2 rings (SSSR count). The van der Waals surface area contributed by atoms with Crippen LogP contribution in [0.1, 0.15) is 12.0 Å². The lowest BCUT2D eigenvalue weighted by Gasteiger charge is -2.17. The predicted octanol–water partition coefficient (Wildman–Crippen LogP) is 4.18. The fraction of sp³-hybridized carbons (Fsp3) is 0.211. The first-order valence-corrected chi connectivity index (χ1v) is 7.12. The number of carbonyl (C=O) groups is 1. The van der Waals surface area contributed by atoms with Gasteiger partial charge >= 0.3 is 5.97 Å². The molecule has 0 aromatic heterocycles. The predicted molar refractivity (Wildman–Crippen MR) is 86.5 cm³/mol. The monoisotopic (exact) mass is 280 g/mol. The van der Waals surface area contributed by atoms with Crippen molar-refractivity contribution in [3.63, 3.8) is 0 Å². The summed E-state index contributed by atoms with van der Waals surface area (Å²) in [5.74, 6) is 0.0913. The quantitative estimate of drug-likeness (QED) is 0.459. The minimum atomic E-state index is -0.322. The largest absolute Gasteiger partial charge is 0.466 e. The van der Waals surface area contributed by atoms with Gasteiger partial charge in [0.05, 0.1) is 7.11 Å². The van der Waals surface area contributed by atoms with Crippen LogP contribution in [-0.2, 0) is 9.53 Å². The van der Waals surface area contributed by atoms with Gasteiger partial charge in [-0.1, -0.05) is 72.9 Å². The summed E-state index contributed by atoms with van der Waals surface area (Å²) in [5, 5.41) is 0. The van der Waals surface area contributed by atoms with Crippen LogP contribution in [0.15, 0.2) is 72.9 Å². The van der Waals surface area contributed by atoms with E-state index in [1.54, 1.807) is 0 Å². The molecule has 1 unspecified atom stereocenters. The van der Waals surface area contributed by atoms with Crippen molar-refractivity contribution in [2.24, 2.45) is 11.8 Å². The maximum absolute atomic E-state index is 11.3. The van der Waals surface area contributed by atoms with Crippen molar-refractivity contribution in [2.45, 2.75) is 6.42 Å². The maximum atomic E-state index is 11.3. The molecular formula is C19H20O2.